The quantitative estimate of drug-likeness (QED) is 0.287. The van der Waals surface area contributed by atoms with Crippen LogP contribution in [0.4, 0.5) is 5.82 Å². The van der Waals surface area contributed by atoms with Crippen molar-refractivity contribution < 1.29 is 4.79 Å². The van der Waals surface area contributed by atoms with Crippen molar-refractivity contribution in [3.8, 4) is 22.5 Å². The number of halogens is 1. The lowest BCUT2D eigenvalue weighted by atomic mass is 10.0. The van der Waals surface area contributed by atoms with Crippen LogP contribution in [0.25, 0.3) is 28.2 Å². The molecule has 8 nitrogen and oxygen atoms in total. The summed E-state index contributed by atoms with van der Waals surface area (Å²) >= 11 is 6.59. The van der Waals surface area contributed by atoms with E-state index in [9.17, 15) is 4.79 Å². The zero-order chi connectivity index (χ0) is 24.6. The van der Waals surface area contributed by atoms with E-state index in [4.69, 9.17) is 16.6 Å². The molecule has 1 fully saturated rings. The third kappa shape index (κ3) is 4.35. The number of benzene rings is 1. The molecule has 180 valence electrons. The van der Waals surface area contributed by atoms with Gasteiger partial charge in [-0.2, -0.15) is 5.10 Å². The van der Waals surface area contributed by atoms with Crippen LogP contribution in [0.1, 0.15) is 35.3 Å². The Morgan fingerprint density at radius 2 is 1.94 bits per heavy atom. The van der Waals surface area contributed by atoms with Crippen LogP contribution in [0.2, 0.25) is 5.02 Å². The minimum atomic E-state index is 0.109. The summed E-state index contributed by atoms with van der Waals surface area (Å²) in [6, 6.07) is 11.4. The number of fused-ring (bicyclic) bond motifs is 1. The Labute approximate surface area is 213 Å². The Hall–Kier alpha value is -4.04. The number of imidazole rings is 1. The van der Waals surface area contributed by atoms with Crippen molar-refractivity contribution in [2.75, 3.05) is 5.32 Å². The first-order chi connectivity index (χ1) is 17.6. The van der Waals surface area contributed by atoms with E-state index in [0.717, 1.165) is 41.1 Å². The van der Waals surface area contributed by atoms with Crippen molar-refractivity contribution in [3.05, 3.63) is 83.7 Å². The lowest BCUT2D eigenvalue weighted by molar-refractivity contribution is 0.0976. The van der Waals surface area contributed by atoms with Crippen molar-refractivity contribution in [1.29, 1.82) is 0 Å². The molecule has 4 aromatic heterocycles. The molecule has 0 amide bonds. The van der Waals surface area contributed by atoms with Crippen LogP contribution in [0.5, 0.6) is 0 Å². The van der Waals surface area contributed by atoms with Crippen molar-refractivity contribution >= 4 is 28.8 Å². The summed E-state index contributed by atoms with van der Waals surface area (Å²) in [5, 5.41) is 8.13. The Morgan fingerprint density at radius 3 is 2.67 bits per heavy atom. The second kappa shape index (κ2) is 9.20. The first-order valence-electron chi connectivity index (χ1n) is 11.9. The van der Waals surface area contributed by atoms with E-state index < -0.39 is 0 Å². The van der Waals surface area contributed by atoms with Gasteiger partial charge in [-0.3, -0.25) is 18.9 Å². The number of aryl methyl sites for hydroxylation is 1. The highest BCUT2D eigenvalue weighted by Crippen LogP contribution is 2.35. The monoisotopic (exact) mass is 497 g/mol. The van der Waals surface area contributed by atoms with E-state index in [1.165, 1.54) is 0 Å². The van der Waals surface area contributed by atoms with Gasteiger partial charge in [-0.1, -0.05) is 17.7 Å². The molecule has 0 saturated heterocycles. The van der Waals surface area contributed by atoms with E-state index in [0.29, 0.717) is 40.9 Å². The second-order valence-electron chi connectivity index (χ2n) is 9.11. The Balaban J connectivity index is 1.41. The van der Waals surface area contributed by atoms with Crippen LogP contribution in [-0.2, 0) is 13.6 Å². The minimum absolute atomic E-state index is 0.109. The van der Waals surface area contributed by atoms with E-state index in [2.05, 4.69) is 20.4 Å². The molecule has 4 heterocycles. The fourth-order valence-corrected chi connectivity index (χ4v) is 4.61. The topological polar surface area (TPSA) is 90.0 Å². The zero-order valence-corrected chi connectivity index (χ0v) is 20.5. The van der Waals surface area contributed by atoms with Gasteiger partial charge in [0.2, 0.25) is 0 Å². The van der Waals surface area contributed by atoms with Gasteiger partial charge >= 0.3 is 0 Å². The maximum absolute atomic E-state index is 12.6. The van der Waals surface area contributed by atoms with Crippen LogP contribution < -0.4 is 5.32 Å². The van der Waals surface area contributed by atoms with Crippen LogP contribution in [0.15, 0.2) is 67.4 Å². The Morgan fingerprint density at radius 1 is 1.11 bits per heavy atom. The molecule has 36 heavy (non-hydrogen) atoms. The highest BCUT2D eigenvalue weighted by atomic mass is 35.5. The normalized spacial score (nSPS) is 13.3. The highest BCUT2D eigenvalue weighted by molar-refractivity contribution is 6.34. The predicted molar refractivity (Wildman–Crippen MR) is 139 cm³/mol. The van der Waals surface area contributed by atoms with Gasteiger partial charge in [-0.15, -0.1) is 0 Å². The number of anilines is 1. The number of hydrogen-bond acceptors (Lipinski definition) is 6. The van der Waals surface area contributed by atoms with Crippen molar-refractivity contribution in [2.45, 2.75) is 25.8 Å². The molecule has 0 unspecified atom stereocenters. The molecule has 0 aliphatic heterocycles. The largest absolute Gasteiger partial charge is 0.361 e. The van der Waals surface area contributed by atoms with Crippen LogP contribution in [0.3, 0.4) is 0 Å². The van der Waals surface area contributed by atoms with Crippen molar-refractivity contribution in [3.63, 3.8) is 0 Å². The smallest absolute Gasteiger partial charge is 0.180 e. The summed E-state index contributed by atoms with van der Waals surface area (Å²) in [5.41, 5.74) is 5.74. The molecular formula is C27H24ClN7O. The first kappa shape index (κ1) is 22.4. The van der Waals surface area contributed by atoms with Crippen LogP contribution >= 0.6 is 11.6 Å². The van der Waals surface area contributed by atoms with Gasteiger partial charge in [0.15, 0.2) is 17.2 Å². The Bertz CT molecular complexity index is 1570. The molecule has 1 aromatic carbocycles. The summed E-state index contributed by atoms with van der Waals surface area (Å²) < 4.78 is 3.83. The summed E-state index contributed by atoms with van der Waals surface area (Å²) in [6.07, 6.45) is 11.9. The number of nitrogens with zero attached hydrogens (tertiary/aromatic N) is 6. The average Bonchev–Trinajstić information content (AvgIpc) is 3.44. The van der Waals surface area contributed by atoms with Crippen molar-refractivity contribution in [2.24, 2.45) is 13.0 Å². The molecule has 9 heteroatoms. The molecular weight excluding hydrogens is 474 g/mol. The summed E-state index contributed by atoms with van der Waals surface area (Å²) in [4.78, 5) is 26.3. The Kier molecular flexibility index (Phi) is 5.73. The minimum Gasteiger partial charge on any atom is -0.361 e. The number of carbonyl (C=O) groups is 1. The van der Waals surface area contributed by atoms with E-state index in [1.807, 2.05) is 58.7 Å². The molecule has 0 bridgehead atoms. The fraction of sp³-hybridized carbons (Fsp3) is 0.222. The van der Waals surface area contributed by atoms with Gasteiger partial charge in [-0.25, -0.2) is 9.97 Å². The summed E-state index contributed by atoms with van der Waals surface area (Å²) in [6.45, 7) is 0.546. The SMILES string of the molecule is Cn1nccc1CNc1nc(-c2ccncc2)cn2c(-c3ccc(C(=O)CC4CC4)c(Cl)c3)cnc12. The maximum atomic E-state index is 12.6. The summed E-state index contributed by atoms with van der Waals surface area (Å²) in [5.74, 6) is 1.28. The number of rotatable bonds is 8. The average molecular weight is 498 g/mol. The summed E-state index contributed by atoms with van der Waals surface area (Å²) in [7, 11) is 1.91. The van der Waals surface area contributed by atoms with E-state index in [1.54, 1.807) is 24.8 Å². The number of carbonyl (C=O) groups excluding carboxylic acids is 1. The first-order valence-corrected chi connectivity index (χ1v) is 12.3. The van der Waals surface area contributed by atoms with Crippen molar-refractivity contribution in [1.82, 2.24) is 29.1 Å². The predicted octanol–water partition coefficient (Wildman–Crippen LogP) is 5.44. The van der Waals surface area contributed by atoms with Gasteiger partial charge in [0.05, 0.1) is 34.8 Å². The molecule has 1 aliphatic carbocycles. The molecule has 1 N–H and O–H groups in total. The number of hydrogen-bond donors (Lipinski definition) is 1. The number of aromatic nitrogens is 6. The lowest BCUT2D eigenvalue weighted by Gasteiger charge is -2.12. The maximum Gasteiger partial charge on any atom is 0.180 e. The standard InChI is InChI=1S/C27H24ClN7O/c1-34-20(8-11-32-34)14-30-26-27-31-15-24(35(27)16-23(33-26)18-6-9-29-10-7-18)19-4-5-21(22(28)13-19)25(36)12-17-2-3-17/h4-11,13,15-17H,2-3,12,14H2,1H3,(H,30,33). The van der Waals surface area contributed by atoms with Gasteiger partial charge in [-0.05, 0) is 49.1 Å². The van der Waals surface area contributed by atoms with E-state index in [-0.39, 0.29) is 5.78 Å². The van der Waals surface area contributed by atoms with E-state index >= 15 is 0 Å². The van der Waals surface area contributed by atoms with Gasteiger partial charge in [0, 0.05) is 54.9 Å². The zero-order valence-electron chi connectivity index (χ0n) is 19.7. The van der Waals surface area contributed by atoms with Gasteiger partial charge in [0.1, 0.15) is 0 Å². The molecule has 0 atom stereocenters. The lowest BCUT2D eigenvalue weighted by Crippen LogP contribution is -2.08. The third-order valence-electron chi connectivity index (χ3n) is 6.56. The molecule has 0 spiro atoms. The number of nitrogens with one attached hydrogen (secondary N) is 1. The number of pyridine rings is 1. The van der Waals surface area contributed by atoms with Crippen LogP contribution in [0, 0.1) is 5.92 Å². The van der Waals surface area contributed by atoms with Gasteiger partial charge < -0.3 is 5.32 Å². The van der Waals surface area contributed by atoms with Gasteiger partial charge in [0.25, 0.3) is 0 Å². The third-order valence-corrected chi connectivity index (χ3v) is 6.88. The van der Waals surface area contributed by atoms with Crippen LogP contribution in [-0.4, -0.2) is 34.9 Å². The molecule has 1 saturated carbocycles. The molecule has 6 rings (SSSR count). The molecule has 5 aromatic rings. The highest BCUT2D eigenvalue weighted by Gasteiger charge is 2.26. The fourth-order valence-electron chi connectivity index (χ4n) is 4.33. The number of Topliss-reactive ketones (excluding diaryl/α,β-unsaturated/α-hetero) is 1. The second-order valence-corrected chi connectivity index (χ2v) is 9.52. The molecule has 0 radical (unpaired) electrons. The molecule has 1 aliphatic rings. The number of ketones is 1.